The van der Waals surface area contributed by atoms with Crippen LogP contribution in [0.5, 0.6) is 5.19 Å². The lowest BCUT2D eigenvalue weighted by Gasteiger charge is -2.21. The SMILES string of the molecule is C.CC(C)(C)OC(=O)Nc1cccc(C(C)(C)C)n1.CC(C)(C)c1cccc(N)n1.CC(C)(C)c1coc(NC2CC2)n1.CC(C)Nc1ccn(C(C)(C)C)n1.COc1nc(C(C)(C)C)cs1.Cc1csc(C(C)(C)C)n1.Cc1sc(NC(C)C)nc1C(C)(C)C. The van der Waals surface area contributed by atoms with Crippen molar-refractivity contribution in [3.05, 3.63) is 110 Å². The molecule has 0 saturated heterocycles. The van der Waals surface area contributed by atoms with Gasteiger partial charge in [-0.1, -0.05) is 156 Å². The van der Waals surface area contributed by atoms with Gasteiger partial charge in [0.2, 0.25) is 0 Å². The maximum Gasteiger partial charge on any atom is 0.413 e. The van der Waals surface area contributed by atoms with Crippen LogP contribution < -0.4 is 31.7 Å². The Morgan fingerprint density at radius 2 is 1.15 bits per heavy atom. The second-order valence-electron chi connectivity index (χ2n) is 31.3. The van der Waals surface area contributed by atoms with Crippen LogP contribution in [0.15, 0.2) is 70.1 Å². The molecule has 20 heteroatoms. The van der Waals surface area contributed by atoms with E-state index < -0.39 is 11.7 Å². The number of methoxy groups -OCH3 is 1. The Balaban J connectivity index is 0.000000534. The molecule has 1 aliphatic rings. The zero-order valence-corrected chi connectivity index (χ0v) is 63.5. The highest BCUT2D eigenvalue weighted by molar-refractivity contribution is 7.15. The fourth-order valence-electron chi connectivity index (χ4n) is 7.15. The number of hydrogen-bond acceptors (Lipinski definition) is 18. The molecule has 1 amide bonds. The Morgan fingerprint density at radius 1 is 0.615 bits per heavy atom. The smallest absolute Gasteiger partial charge is 0.413 e. The van der Waals surface area contributed by atoms with Gasteiger partial charge in [-0.15, -0.1) is 22.7 Å². The van der Waals surface area contributed by atoms with Gasteiger partial charge in [-0.2, -0.15) is 10.1 Å². The van der Waals surface area contributed by atoms with Crippen LogP contribution in [0.25, 0.3) is 0 Å². The molecule has 512 valence electrons. The monoisotopic (exact) mass is 1320 g/mol. The van der Waals surface area contributed by atoms with Crippen molar-refractivity contribution in [1.29, 1.82) is 0 Å². The summed E-state index contributed by atoms with van der Waals surface area (Å²) in [6, 6.07) is 15.5. The number of amides is 1. The van der Waals surface area contributed by atoms with Crippen LogP contribution in [0.3, 0.4) is 0 Å². The van der Waals surface area contributed by atoms with Crippen LogP contribution in [0.2, 0.25) is 0 Å². The third-order valence-corrected chi connectivity index (χ3v) is 15.3. The molecule has 0 unspecified atom stereocenters. The van der Waals surface area contributed by atoms with Gasteiger partial charge in [-0.25, -0.2) is 29.7 Å². The van der Waals surface area contributed by atoms with E-state index in [0.717, 1.165) is 44.6 Å². The molecule has 7 heterocycles. The minimum absolute atomic E-state index is 0. The molecule has 7 aromatic heterocycles. The summed E-state index contributed by atoms with van der Waals surface area (Å²) in [5, 5.41) is 24.1. The lowest BCUT2D eigenvalue weighted by atomic mass is 9.92. The van der Waals surface area contributed by atoms with Crippen LogP contribution in [0.4, 0.5) is 33.4 Å². The Hall–Kier alpha value is -6.12. The van der Waals surface area contributed by atoms with Crippen molar-refractivity contribution in [3.8, 4) is 5.19 Å². The lowest BCUT2D eigenvalue weighted by Crippen LogP contribution is -2.27. The van der Waals surface area contributed by atoms with Gasteiger partial charge in [0.15, 0.2) is 5.13 Å². The summed E-state index contributed by atoms with van der Waals surface area (Å²) in [5.41, 5.74) is 12.1. The minimum atomic E-state index is -0.508. The van der Waals surface area contributed by atoms with Gasteiger partial charge < -0.3 is 35.6 Å². The molecular formula is C71H121N13O4S3. The van der Waals surface area contributed by atoms with Crippen molar-refractivity contribution < 1.29 is 18.7 Å². The fraction of sp³-hybridized carbons (Fsp3) is 0.634. The van der Waals surface area contributed by atoms with E-state index in [0.29, 0.717) is 35.8 Å². The minimum Gasteiger partial charge on any atom is -0.473 e. The molecule has 1 saturated carbocycles. The maximum atomic E-state index is 11.6. The number of nitrogen functional groups attached to an aromatic ring is 1. The van der Waals surface area contributed by atoms with E-state index >= 15 is 0 Å². The highest BCUT2D eigenvalue weighted by Gasteiger charge is 2.26. The van der Waals surface area contributed by atoms with Gasteiger partial charge in [0.25, 0.3) is 11.2 Å². The second kappa shape index (κ2) is 34.7. The summed E-state index contributed by atoms with van der Waals surface area (Å²) >= 11 is 5.04. The first-order valence-corrected chi connectivity index (χ1v) is 33.9. The Morgan fingerprint density at radius 3 is 1.52 bits per heavy atom. The van der Waals surface area contributed by atoms with Crippen LogP contribution in [0, 0.1) is 13.8 Å². The largest absolute Gasteiger partial charge is 0.473 e. The molecule has 7 aromatic rings. The first-order valence-electron chi connectivity index (χ1n) is 31.3. The number of ether oxygens (including phenoxy) is 2. The number of carbonyl (C=O) groups excluding carboxylic acids is 1. The number of thiazole rings is 3. The van der Waals surface area contributed by atoms with Crippen LogP contribution in [-0.2, 0) is 42.8 Å². The zero-order valence-electron chi connectivity index (χ0n) is 61.0. The normalized spacial score (nSPS) is 12.6. The molecule has 0 bridgehead atoms. The number of carbonyl (C=O) groups is 1. The first kappa shape index (κ1) is 82.9. The van der Waals surface area contributed by atoms with Gasteiger partial charge in [-0.05, 0) is 120 Å². The summed E-state index contributed by atoms with van der Waals surface area (Å²) in [5.74, 6) is 2.05. The molecule has 1 fully saturated rings. The van der Waals surface area contributed by atoms with Crippen molar-refractivity contribution in [3.63, 3.8) is 0 Å². The average Bonchev–Trinajstić information content (AvgIpc) is 2.28. The van der Waals surface area contributed by atoms with E-state index in [2.05, 4.69) is 242 Å². The number of nitrogens with two attached hydrogens (primary N) is 1. The van der Waals surface area contributed by atoms with E-state index in [-0.39, 0.29) is 45.5 Å². The van der Waals surface area contributed by atoms with Crippen molar-refractivity contribution in [1.82, 2.24) is 39.7 Å². The highest BCUT2D eigenvalue weighted by atomic mass is 32.1. The molecule has 17 nitrogen and oxygen atoms in total. The Kier molecular flexibility index (Phi) is 31.6. The van der Waals surface area contributed by atoms with Gasteiger partial charge in [0.05, 0.1) is 34.7 Å². The van der Waals surface area contributed by atoms with E-state index in [1.54, 1.807) is 59.5 Å². The van der Waals surface area contributed by atoms with E-state index in [9.17, 15) is 4.79 Å². The molecule has 0 aromatic carbocycles. The Bertz CT molecular complexity index is 3150. The highest BCUT2D eigenvalue weighted by Crippen LogP contribution is 2.33. The maximum absolute atomic E-state index is 11.6. The molecule has 91 heavy (non-hydrogen) atoms. The molecule has 0 spiro atoms. The number of nitrogens with one attached hydrogen (secondary N) is 4. The van der Waals surface area contributed by atoms with Gasteiger partial charge in [-0.3, -0.25) is 10.00 Å². The summed E-state index contributed by atoms with van der Waals surface area (Å²) < 4.78 is 17.5. The molecule has 0 radical (unpaired) electrons. The third kappa shape index (κ3) is 33.3. The van der Waals surface area contributed by atoms with Gasteiger partial charge >= 0.3 is 6.09 Å². The zero-order chi connectivity index (χ0) is 69.2. The van der Waals surface area contributed by atoms with Gasteiger partial charge in [0, 0.05) is 95.6 Å². The molecule has 6 N–H and O–H groups in total. The summed E-state index contributed by atoms with van der Waals surface area (Å²) in [4.78, 5) is 39.3. The van der Waals surface area contributed by atoms with E-state index in [1.165, 1.54) is 28.4 Å². The van der Waals surface area contributed by atoms with Crippen LogP contribution in [-0.4, -0.2) is 76.6 Å². The second-order valence-corrected chi connectivity index (χ2v) is 34.2. The molecule has 0 atom stereocenters. The van der Waals surface area contributed by atoms with Crippen molar-refractivity contribution in [2.45, 2.75) is 290 Å². The number of aryl methyl sites for hydroxylation is 2. The van der Waals surface area contributed by atoms with Crippen molar-refractivity contribution in [2.24, 2.45) is 0 Å². The van der Waals surface area contributed by atoms with E-state index in [4.69, 9.17) is 19.6 Å². The summed E-state index contributed by atoms with van der Waals surface area (Å²) in [6.07, 6.45) is 5.75. The molecule has 8 rings (SSSR count). The predicted molar refractivity (Wildman–Crippen MR) is 392 cm³/mol. The quantitative estimate of drug-likeness (QED) is 0.0956. The van der Waals surface area contributed by atoms with Crippen molar-refractivity contribution >= 4 is 68.7 Å². The fourth-order valence-corrected chi connectivity index (χ4v) is 10.1. The van der Waals surface area contributed by atoms with E-state index in [1.807, 2.05) is 74.3 Å². The number of pyridine rings is 2. The number of rotatable bonds is 8. The standard InChI is InChI=1S/C14H22N2O2.C11H20N2S.C10H19N3.C10H16N2O.C9H14N2.C8H13NOS.C8H13NS.CH4/c1-13(2,3)10-8-7-9-11(15-10)16-12(17)18-14(4,5)6;1-7(2)12-10-13-9(8(3)14-10)11(4,5)6;1-8(2)11-9-6-7-13(12-9)10(3,4)5;1-10(2,3)8-6-13-9(12-8)11-7-4-5-7;1-9(2,3)7-5-4-6-8(10)11-7;1-8(2,3)6-5-11-7(9-6)10-4;1-6-5-10-7(9-6)8(2,3)4;/h7-9H,1-6H3,(H,15,16,17);7H,1-6H3,(H,12,13);6-8H,1-5H3,(H,11,12);6-7H,4-5H2,1-3H3,(H,11,12);4-6H,1-3H3,(H2,10,11);5H,1-4H3;5H,1-4H3;1H4. The summed E-state index contributed by atoms with van der Waals surface area (Å²) in [7, 11) is 1.64. The topological polar surface area (TPSA) is 218 Å². The average molecular weight is 1320 g/mol. The molecule has 1 aliphatic carbocycles. The van der Waals surface area contributed by atoms with Crippen LogP contribution >= 0.6 is 34.0 Å². The predicted octanol–water partition coefficient (Wildman–Crippen LogP) is 20.1. The number of anilines is 5. The number of hydrogen-bond donors (Lipinski definition) is 5. The summed E-state index contributed by atoms with van der Waals surface area (Å²) in [6.45, 7) is 63.1. The molecular weight excluding hydrogens is 1200 g/mol. The lowest BCUT2D eigenvalue weighted by molar-refractivity contribution is 0.0635. The number of aromatic nitrogens is 8. The first-order chi connectivity index (χ1) is 40.9. The Labute approximate surface area is 562 Å². The van der Waals surface area contributed by atoms with Crippen molar-refractivity contribution in [2.75, 3.05) is 34.1 Å². The number of nitrogens with zero attached hydrogens (tertiary/aromatic N) is 8. The molecule has 0 aliphatic heterocycles. The van der Waals surface area contributed by atoms with Crippen LogP contribution in [0.1, 0.15) is 258 Å². The third-order valence-electron chi connectivity index (χ3n) is 12.2. The number of oxazole rings is 1. The van der Waals surface area contributed by atoms with Gasteiger partial charge in [0.1, 0.15) is 29.3 Å².